The molecule has 0 aromatic heterocycles. The lowest BCUT2D eigenvalue weighted by atomic mass is 10.1. The van der Waals surface area contributed by atoms with Crippen molar-refractivity contribution in [1.82, 2.24) is 5.32 Å². The van der Waals surface area contributed by atoms with Crippen LogP contribution in [0.2, 0.25) is 0 Å². The summed E-state index contributed by atoms with van der Waals surface area (Å²) in [7, 11) is 0. The van der Waals surface area contributed by atoms with Crippen molar-refractivity contribution in [1.29, 1.82) is 0 Å². The van der Waals surface area contributed by atoms with Crippen LogP contribution in [0.3, 0.4) is 0 Å². The van der Waals surface area contributed by atoms with Crippen LogP contribution >= 0.6 is 15.9 Å². The number of amides is 1. The first-order chi connectivity index (χ1) is 7.00. The SMILES string of the molecule is CC(CBr)NC(=O)C(C(F)(F)F)C(F)(F)F. The summed E-state index contributed by atoms with van der Waals surface area (Å²) in [5.74, 6) is -6.08. The van der Waals surface area contributed by atoms with Gasteiger partial charge in [-0.15, -0.1) is 0 Å². The van der Waals surface area contributed by atoms with Gasteiger partial charge in [-0.25, -0.2) is 0 Å². The Morgan fingerprint density at radius 1 is 1.19 bits per heavy atom. The second kappa shape index (κ2) is 5.24. The molecule has 2 nitrogen and oxygen atoms in total. The Kier molecular flexibility index (Phi) is 5.09. The lowest BCUT2D eigenvalue weighted by molar-refractivity contribution is -0.274. The van der Waals surface area contributed by atoms with Gasteiger partial charge in [0.15, 0.2) is 0 Å². The Morgan fingerprint density at radius 2 is 1.56 bits per heavy atom. The first-order valence-corrected chi connectivity index (χ1v) is 5.12. The van der Waals surface area contributed by atoms with Crippen LogP contribution in [0.15, 0.2) is 0 Å². The highest BCUT2D eigenvalue weighted by Crippen LogP contribution is 2.39. The van der Waals surface area contributed by atoms with Gasteiger partial charge in [0.2, 0.25) is 11.8 Å². The molecule has 1 unspecified atom stereocenters. The molecule has 0 saturated carbocycles. The molecule has 0 aliphatic rings. The standard InChI is InChI=1S/C7H8BrF6NO/c1-3(2-8)15-5(16)4(6(9,10)11)7(12,13)14/h3-4H,2H2,1H3,(H,15,16). The van der Waals surface area contributed by atoms with Crippen LogP contribution in [0.25, 0.3) is 0 Å². The quantitative estimate of drug-likeness (QED) is 0.629. The molecule has 16 heavy (non-hydrogen) atoms. The van der Waals surface area contributed by atoms with E-state index in [1.54, 1.807) is 5.32 Å². The molecule has 0 spiro atoms. The maximum absolute atomic E-state index is 12.0. The van der Waals surface area contributed by atoms with Crippen LogP contribution < -0.4 is 5.32 Å². The Hall–Kier alpha value is -0.470. The maximum atomic E-state index is 12.0. The van der Waals surface area contributed by atoms with E-state index in [1.807, 2.05) is 0 Å². The minimum Gasteiger partial charge on any atom is -0.352 e. The van der Waals surface area contributed by atoms with Gasteiger partial charge in [-0.2, -0.15) is 26.3 Å². The lowest BCUT2D eigenvalue weighted by Gasteiger charge is -2.23. The molecule has 0 aliphatic carbocycles. The summed E-state index contributed by atoms with van der Waals surface area (Å²) in [6, 6.07) is -0.820. The Morgan fingerprint density at radius 3 is 1.81 bits per heavy atom. The van der Waals surface area contributed by atoms with Gasteiger partial charge in [-0.05, 0) is 6.92 Å². The zero-order chi connectivity index (χ0) is 13.1. The van der Waals surface area contributed by atoms with Crippen molar-refractivity contribution in [3.05, 3.63) is 0 Å². The highest BCUT2D eigenvalue weighted by molar-refractivity contribution is 9.09. The summed E-state index contributed by atoms with van der Waals surface area (Å²) in [6.07, 6.45) is -11.3. The first kappa shape index (κ1) is 15.5. The molecule has 0 radical (unpaired) electrons. The number of alkyl halides is 7. The van der Waals surface area contributed by atoms with Gasteiger partial charge < -0.3 is 5.32 Å². The molecule has 0 bridgehead atoms. The molecule has 0 aromatic rings. The smallest absolute Gasteiger partial charge is 0.352 e. The fourth-order valence-electron chi connectivity index (χ4n) is 0.848. The van der Waals surface area contributed by atoms with Gasteiger partial charge >= 0.3 is 12.4 Å². The second-order valence-corrected chi connectivity index (χ2v) is 3.73. The van der Waals surface area contributed by atoms with Crippen molar-refractivity contribution >= 4 is 21.8 Å². The molecule has 0 aromatic carbocycles. The molecule has 9 heteroatoms. The van der Waals surface area contributed by atoms with Gasteiger partial charge in [0.1, 0.15) is 0 Å². The topological polar surface area (TPSA) is 29.1 Å². The monoisotopic (exact) mass is 315 g/mol. The van der Waals surface area contributed by atoms with Gasteiger partial charge in [-0.3, -0.25) is 4.79 Å². The molecule has 0 saturated heterocycles. The molecule has 0 heterocycles. The molecule has 0 fully saturated rings. The van der Waals surface area contributed by atoms with Crippen LogP contribution in [-0.4, -0.2) is 29.6 Å². The molecule has 1 atom stereocenters. The number of hydrogen-bond donors (Lipinski definition) is 1. The van der Waals surface area contributed by atoms with Gasteiger partial charge in [-0.1, -0.05) is 15.9 Å². The third kappa shape index (κ3) is 4.58. The van der Waals surface area contributed by atoms with Gasteiger partial charge in [0, 0.05) is 11.4 Å². The number of hydrogen-bond acceptors (Lipinski definition) is 1. The molecular weight excluding hydrogens is 308 g/mol. The molecular formula is C7H8BrF6NO. The van der Waals surface area contributed by atoms with E-state index in [0.29, 0.717) is 0 Å². The van der Waals surface area contributed by atoms with Crippen molar-refractivity contribution in [2.75, 3.05) is 5.33 Å². The van der Waals surface area contributed by atoms with E-state index in [4.69, 9.17) is 0 Å². The Bertz CT molecular complexity index is 236. The van der Waals surface area contributed by atoms with E-state index in [-0.39, 0.29) is 5.33 Å². The second-order valence-electron chi connectivity index (χ2n) is 3.08. The van der Waals surface area contributed by atoms with Crippen LogP contribution in [0.5, 0.6) is 0 Å². The molecule has 1 N–H and O–H groups in total. The highest BCUT2D eigenvalue weighted by atomic mass is 79.9. The summed E-state index contributed by atoms with van der Waals surface area (Å²) in [4.78, 5) is 10.8. The summed E-state index contributed by atoms with van der Waals surface area (Å²) in [5, 5.41) is 1.67. The number of carbonyl (C=O) groups is 1. The van der Waals surface area contributed by atoms with E-state index < -0.39 is 30.2 Å². The van der Waals surface area contributed by atoms with E-state index in [1.165, 1.54) is 6.92 Å². The zero-order valence-electron chi connectivity index (χ0n) is 7.92. The van der Waals surface area contributed by atoms with Crippen molar-refractivity contribution < 1.29 is 31.1 Å². The zero-order valence-corrected chi connectivity index (χ0v) is 9.50. The third-order valence-electron chi connectivity index (χ3n) is 1.54. The van der Waals surface area contributed by atoms with Crippen LogP contribution in [0.4, 0.5) is 26.3 Å². The average Bonchev–Trinajstić information content (AvgIpc) is 1.97. The summed E-state index contributed by atoms with van der Waals surface area (Å²) < 4.78 is 72.2. The minimum atomic E-state index is -5.64. The Balaban J connectivity index is 4.87. The van der Waals surface area contributed by atoms with Crippen molar-refractivity contribution in [3.63, 3.8) is 0 Å². The molecule has 0 rings (SSSR count). The van der Waals surface area contributed by atoms with E-state index in [0.717, 1.165) is 0 Å². The van der Waals surface area contributed by atoms with E-state index in [2.05, 4.69) is 15.9 Å². The van der Waals surface area contributed by atoms with Gasteiger partial charge in [0.25, 0.3) is 0 Å². The number of halogens is 7. The minimum absolute atomic E-state index is 0.0567. The van der Waals surface area contributed by atoms with Crippen LogP contribution in [0, 0.1) is 5.92 Å². The predicted molar refractivity (Wildman–Crippen MR) is 47.0 cm³/mol. The molecule has 1 amide bonds. The summed E-state index contributed by atoms with van der Waals surface area (Å²) in [6.45, 7) is 1.27. The predicted octanol–water partition coefficient (Wildman–Crippen LogP) is 2.63. The number of carbonyl (C=O) groups excluding carboxylic acids is 1. The largest absolute Gasteiger partial charge is 0.409 e. The Labute approximate surface area is 95.5 Å². The fourth-order valence-corrected chi connectivity index (χ4v) is 1.01. The number of nitrogens with one attached hydrogen (secondary N) is 1. The van der Waals surface area contributed by atoms with E-state index in [9.17, 15) is 31.1 Å². The third-order valence-corrected chi connectivity index (χ3v) is 2.51. The normalized spacial score (nSPS) is 15.1. The molecule has 0 aliphatic heterocycles. The van der Waals surface area contributed by atoms with Crippen molar-refractivity contribution in [3.8, 4) is 0 Å². The van der Waals surface area contributed by atoms with Crippen LogP contribution in [0.1, 0.15) is 6.92 Å². The first-order valence-electron chi connectivity index (χ1n) is 4.00. The average molecular weight is 316 g/mol. The maximum Gasteiger partial charge on any atom is 0.409 e. The van der Waals surface area contributed by atoms with Gasteiger partial charge in [0.05, 0.1) is 0 Å². The summed E-state index contributed by atoms with van der Waals surface area (Å²) in [5.41, 5.74) is 0. The van der Waals surface area contributed by atoms with Crippen molar-refractivity contribution in [2.45, 2.75) is 25.3 Å². The fraction of sp³-hybridized carbons (Fsp3) is 0.857. The number of rotatable bonds is 3. The summed E-state index contributed by atoms with van der Waals surface area (Å²) >= 11 is 2.82. The van der Waals surface area contributed by atoms with Crippen LogP contribution in [-0.2, 0) is 4.79 Å². The van der Waals surface area contributed by atoms with Crippen molar-refractivity contribution in [2.24, 2.45) is 5.92 Å². The highest BCUT2D eigenvalue weighted by Gasteiger charge is 2.61. The lowest BCUT2D eigenvalue weighted by Crippen LogP contribution is -2.50. The van der Waals surface area contributed by atoms with E-state index >= 15 is 0 Å². The molecule has 96 valence electrons.